The molecule has 4 N–H and O–H groups in total. The quantitative estimate of drug-likeness (QED) is 0.195. The molecule has 8 nitrogen and oxygen atoms in total. The van der Waals surface area contributed by atoms with Crippen LogP contribution in [0.1, 0.15) is 23.6 Å². The third kappa shape index (κ3) is 6.85. The second kappa shape index (κ2) is 12.5. The molecule has 4 aromatic rings. The fourth-order valence-corrected chi connectivity index (χ4v) is 4.29. The molecule has 0 aliphatic rings. The Labute approximate surface area is 225 Å². The first-order valence-corrected chi connectivity index (χ1v) is 12.7. The number of aromatic nitrogens is 1. The van der Waals surface area contributed by atoms with E-state index in [-0.39, 0.29) is 19.1 Å². The number of carbonyl (C=O) groups is 2. The Morgan fingerprint density at radius 1 is 1.03 bits per heavy atom. The van der Waals surface area contributed by atoms with Gasteiger partial charge in [0.1, 0.15) is 6.04 Å². The summed E-state index contributed by atoms with van der Waals surface area (Å²) in [6.07, 6.45) is 2.14. The Bertz CT molecular complexity index is 1420. The van der Waals surface area contributed by atoms with Crippen LogP contribution in [-0.4, -0.2) is 41.2 Å². The summed E-state index contributed by atoms with van der Waals surface area (Å²) in [5.74, 6) is -0.538. The van der Waals surface area contributed by atoms with E-state index < -0.39 is 12.0 Å². The highest BCUT2D eigenvalue weighted by Crippen LogP contribution is 2.34. The van der Waals surface area contributed by atoms with E-state index in [4.69, 9.17) is 21.1 Å². The van der Waals surface area contributed by atoms with E-state index in [1.165, 1.54) is 0 Å². The van der Waals surface area contributed by atoms with Gasteiger partial charge in [-0.3, -0.25) is 14.9 Å². The first-order valence-electron chi connectivity index (χ1n) is 12.3. The molecule has 1 unspecified atom stereocenters. The minimum Gasteiger partial charge on any atom is -0.490 e. The number of carbonyl (C=O) groups excluding carboxylic acids is 1. The third-order valence-corrected chi connectivity index (χ3v) is 6.39. The SMILES string of the molecule is CCOc1cc(CNC(Cc2c[nH]c3ccccc23)C(=O)O)c(Cl)cc1OCC(=O)Nc1ccc(C)cc1. The van der Waals surface area contributed by atoms with Gasteiger partial charge >= 0.3 is 5.97 Å². The number of nitrogens with one attached hydrogen (secondary N) is 3. The fraction of sp³-hybridized carbons (Fsp3) is 0.241. The number of para-hydroxylation sites is 1. The fourth-order valence-electron chi connectivity index (χ4n) is 4.07. The van der Waals surface area contributed by atoms with Gasteiger partial charge in [-0.2, -0.15) is 0 Å². The highest BCUT2D eigenvalue weighted by molar-refractivity contribution is 6.31. The Hall–Kier alpha value is -4.01. The van der Waals surface area contributed by atoms with Crippen molar-refractivity contribution in [2.45, 2.75) is 32.9 Å². The molecular weight excluding hydrogens is 506 g/mol. The number of rotatable bonds is 12. The molecular formula is C29H30ClN3O5. The van der Waals surface area contributed by atoms with Gasteiger partial charge in [0.15, 0.2) is 18.1 Å². The van der Waals surface area contributed by atoms with Crippen molar-refractivity contribution < 1.29 is 24.2 Å². The Morgan fingerprint density at radius 3 is 2.50 bits per heavy atom. The van der Waals surface area contributed by atoms with Crippen LogP contribution in [0.15, 0.2) is 66.9 Å². The van der Waals surface area contributed by atoms with Gasteiger partial charge in [0.2, 0.25) is 0 Å². The number of ether oxygens (including phenoxy) is 2. The van der Waals surface area contributed by atoms with Gasteiger partial charge in [-0.15, -0.1) is 0 Å². The lowest BCUT2D eigenvalue weighted by Gasteiger charge is -2.17. The number of aromatic amines is 1. The predicted molar refractivity (Wildman–Crippen MR) is 148 cm³/mol. The summed E-state index contributed by atoms with van der Waals surface area (Å²) >= 11 is 6.52. The molecule has 1 heterocycles. The number of fused-ring (bicyclic) bond motifs is 1. The summed E-state index contributed by atoms with van der Waals surface area (Å²) in [6, 6.07) is 17.7. The zero-order valence-electron chi connectivity index (χ0n) is 21.2. The van der Waals surface area contributed by atoms with Crippen LogP contribution in [0.3, 0.4) is 0 Å². The second-order valence-corrected chi connectivity index (χ2v) is 9.27. The van der Waals surface area contributed by atoms with Crippen molar-refractivity contribution in [2.75, 3.05) is 18.5 Å². The van der Waals surface area contributed by atoms with Gasteiger partial charge in [-0.1, -0.05) is 47.5 Å². The standard InChI is InChI=1S/C29H30ClN3O5/c1-3-37-26-13-20(16-32-25(29(35)36)12-19-15-31-24-7-5-4-6-22(19)24)23(30)14-27(26)38-17-28(34)33-21-10-8-18(2)9-11-21/h4-11,13-15,25,31-32H,3,12,16-17H2,1-2H3,(H,33,34)(H,35,36). The third-order valence-electron chi connectivity index (χ3n) is 6.04. The average molecular weight is 536 g/mol. The van der Waals surface area contributed by atoms with Crippen molar-refractivity contribution in [1.82, 2.24) is 10.3 Å². The van der Waals surface area contributed by atoms with E-state index in [2.05, 4.69) is 15.6 Å². The van der Waals surface area contributed by atoms with Crippen molar-refractivity contribution in [2.24, 2.45) is 0 Å². The number of hydrogen-bond acceptors (Lipinski definition) is 5. The van der Waals surface area contributed by atoms with Gasteiger partial charge in [0, 0.05) is 46.8 Å². The van der Waals surface area contributed by atoms with Gasteiger partial charge in [-0.25, -0.2) is 0 Å². The van der Waals surface area contributed by atoms with Crippen LogP contribution in [0.25, 0.3) is 10.9 Å². The molecule has 1 atom stereocenters. The predicted octanol–water partition coefficient (Wildman–Crippen LogP) is 5.33. The largest absolute Gasteiger partial charge is 0.490 e. The maximum absolute atomic E-state index is 12.4. The minimum absolute atomic E-state index is 0.201. The number of anilines is 1. The van der Waals surface area contributed by atoms with Crippen molar-refractivity contribution in [3.05, 3.63) is 88.6 Å². The number of carboxylic acid groups (broad SMARTS) is 1. The number of amides is 1. The van der Waals surface area contributed by atoms with Crippen LogP contribution in [0.2, 0.25) is 5.02 Å². The maximum atomic E-state index is 12.4. The number of aliphatic carboxylic acids is 1. The summed E-state index contributed by atoms with van der Waals surface area (Å²) in [6.45, 7) is 4.15. The molecule has 3 aromatic carbocycles. The summed E-state index contributed by atoms with van der Waals surface area (Å²) in [4.78, 5) is 27.5. The zero-order valence-corrected chi connectivity index (χ0v) is 22.0. The van der Waals surface area contributed by atoms with Crippen molar-refractivity contribution >= 4 is 40.1 Å². The molecule has 0 spiro atoms. The number of aryl methyl sites for hydroxylation is 1. The van der Waals surface area contributed by atoms with Crippen molar-refractivity contribution in [3.63, 3.8) is 0 Å². The molecule has 0 fully saturated rings. The van der Waals surface area contributed by atoms with E-state index >= 15 is 0 Å². The molecule has 0 saturated heterocycles. The Balaban J connectivity index is 1.42. The van der Waals surface area contributed by atoms with Crippen LogP contribution in [0.5, 0.6) is 11.5 Å². The monoisotopic (exact) mass is 535 g/mol. The molecule has 0 aliphatic carbocycles. The number of hydrogen-bond donors (Lipinski definition) is 4. The topological polar surface area (TPSA) is 113 Å². The summed E-state index contributed by atoms with van der Waals surface area (Å²) < 4.78 is 11.4. The van der Waals surface area contributed by atoms with Crippen LogP contribution < -0.4 is 20.1 Å². The van der Waals surface area contributed by atoms with Crippen molar-refractivity contribution in [3.8, 4) is 11.5 Å². The number of halogens is 1. The van der Waals surface area contributed by atoms with E-state index in [0.29, 0.717) is 40.8 Å². The lowest BCUT2D eigenvalue weighted by molar-refractivity contribution is -0.139. The van der Waals surface area contributed by atoms with Gasteiger partial charge in [0.05, 0.1) is 6.61 Å². The van der Waals surface area contributed by atoms with E-state index in [9.17, 15) is 14.7 Å². The van der Waals surface area contributed by atoms with Crippen LogP contribution in [-0.2, 0) is 22.6 Å². The summed E-state index contributed by atoms with van der Waals surface area (Å²) in [7, 11) is 0. The molecule has 0 saturated carbocycles. The molecule has 0 aliphatic heterocycles. The Morgan fingerprint density at radius 2 is 1.76 bits per heavy atom. The van der Waals surface area contributed by atoms with E-state index in [1.807, 2.05) is 68.6 Å². The number of carboxylic acids is 1. The van der Waals surface area contributed by atoms with E-state index in [1.54, 1.807) is 12.1 Å². The lowest BCUT2D eigenvalue weighted by Crippen LogP contribution is -2.38. The maximum Gasteiger partial charge on any atom is 0.321 e. The molecule has 9 heteroatoms. The first-order chi connectivity index (χ1) is 18.3. The molecule has 1 aromatic heterocycles. The highest BCUT2D eigenvalue weighted by Gasteiger charge is 2.21. The van der Waals surface area contributed by atoms with Gasteiger partial charge < -0.3 is 24.9 Å². The Kier molecular flexibility index (Phi) is 8.89. The minimum atomic E-state index is -0.962. The normalized spacial score (nSPS) is 11.8. The van der Waals surface area contributed by atoms with Gasteiger partial charge in [0.25, 0.3) is 5.91 Å². The number of benzene rings is 3. The van der Waals surface area contributed by atoms with Crippen LogP contribution in [0.4, 0.5) is 5.69 Å². The summed E-state index contributed by atoms with van der Waals surface area (Å²) in [5.41, 5.74) is 4.29. The molecule has 0 radical (unpaired) electrons. The molecule has 198 valence electrons. The number of H-pyrrole nitrogens is 1. The lowest BCUT2D eigenvalue weighted by atomic mass is 10.0. The molecule has 38 heavy (non-hydrogen) atoms. The van der Waals surface area contributed by atoms with Crippen LogP contribution in [0, 0.1) is 6.92 Å². The smallest absolute Gasteiger partial charge is 0.321 e. The van der Waals surface area contributed by atoms with Crippen LogP contribution >= 0.6 is 11.6 Å². The summed E-state index contributed by atoms with van der Waals surface area (Å²) in [5, 5.41) is 17.1. The van der Waals surface area contributed by atoms with Crippen molar-refractivity contribution in [1.29, 1.82) is 0 Å². The average Bonchev–Trinajstić information content (AvgIpc) is 3.31. The first kappa shape index (κ1) is 27.0. The van der Waals surface area contributed by atoms with E-state index in [0.717, 1.165) is 22.0 Å². The molecule has 0 bridgehead atoms. The second-order valence-electron chi connectivity index (χ2n) is 8.86. The zero-order chi connectivity index (χ0) is 27.1. The molecule has 1 amide bonds. The highest BCUT2D eigenvalue weighted by atomic mass is 35.5. The molecule has 4 rings (SSSR count). The van der Waals surface area contributed by atoms with Gasteiger partial charge in [-0.05, 0) is 49.2 Å².